The standard InChI is InChI=1S/C28H23FN4O5/c1-15(34)33-14-21(20-13-19(37-3)8-9-23(20)33)27(35)30-26-25-22(29)11-18(12-24(25)32(2)31-26)16-6-5-7-17(10-16)28(36)38-4/h5-14H,1-4H3,(H,30,31,35). The summed E-state index contributed by atoms with van der Waals surface area (Å²) in [5.41, 5.74) is 2.67. The number of aromatic nitrogens is 3. The molecule has 0 bridgehead atoms. The van der Waals surface area contributed by atoms with Crippen molar-refractivity contribution in [2.75, 3.05) is 19.5 Å². The van der Waals surface area contributed by atoms with Crippen molar-refractivity contribution in [2.24, 2.45) is 7.05 Å². The van der Waals surface area contributed by atoms with Gasteiger partial charge in [-0.25, -0.2) is 9.18 Å². The van der Waals surface area contributed by atoms with Gasteiger partial charge in [0.05, 0.1) is 41.8 Å². The number of nitrogens with one attached hydrogen (secondary N) is 1. The lowest BCUT2D eigenvalue weighted by molar-refractivity contribution is 0.0600. The van der Waals surface area contributed by atoms with Crippen molar-refractivity contribution in [1.82, 2.24) is 14.3 Å². The maximum absolute atomic E-state index is 15.5. The highest BCUT2D eigenvalue weighted by molar-refractivity contribution is 6.16. The highest BCUT2D eigenvalue weighted by Crippen LogP contribution is 2.33. The molecule has 38 heavy (non-hydrogen) atoms. The van der Waals surface area contributed by atoms with Crippen LogP contribution in [0, 0.1) is 5.82 Å². The number of methoxy groups -OCH3 is 2. The second kappa shape index (κ2) is 9.47. The largest absolute Gasteiger partial charge is 0.497 e. The minimum Gasteiger partial charge on any atom is -0.497 e. The third kappa shape index (κ3) is 4.15. The molecule has 2 heterocycles. The number of rotatable bonds is 5. The van der Waals surface area contributed by atoms with Crippen LogP contribution in [0.4, 0.5) is 10.2 Å². The van der Waals surface area contributed by atoms with E-state index < -0.39 is 17.7 Å². The van der Waals surface area contributed by atoms with Crippen LogP contribution in [0.5, 0.6) is 5.75 Å². The minimum absolute atomic E-state index is 0.0338. The van der Waals surface area contributed by atoms with Crippen LogP contribution in [0.1, 0.15) is 32.4 Å². The number of benzene rings is 3. The van der Waals surface area contributed by atoms with E-state index in [9.17, 15) is 14.4 Å². The smallest absolute Gasteiger partial charge is 0.337 e. The number of ether oxygens (including phenoxy) is 2. The summed E-state index contributed by atoms with van der Waals surface area (Å²) in [6.45, 7) is 1.39. The molecule has 2 aromatic heterocycles. The van der Waals surface area contributed by atoms with Gasteiger partial charge in [-0.2, -0.15) is 5.10 Å². The van der Waals surface area contributed by atoms with Crippen LogP contribution < -0.4 is 10.1 Å². The number of fused-ring (bicyclic) bond motifs is 2. The highest BCUT2D eigenvalue weighted by atomic mass is 19.1. The maximum Gasteiger partial charge on any atom is 0.337 e. The van der Waals surface area contributed by atoms with Gasteiger partial charge in [-0.15, -0.1) is 0 Å². The van der Waals surface area contributed by atoms with E-state index >= 15 is 4.39 Å². The summed E-state index contributed by atoms with van der Waals surface area (Å²) in [6, 6.07) is 14.8. The van der Waals surface area contributed by atoms with Gasteiger partial charge >= 0.3 is 5.97 Å². The Morgan fingerprint density at radius 2 is 1.76 bits per heavy atom. The second-order valence-electron chi connectivity index (χ2n) is 8.67. The summed E-state index contributed by atoms with van der Waals surface area (Å²) >= 11 is 0. The van der Waals surface area contributed by atoms with E-state index in [1.165, 1.54) is 42.7 Å². The van der Waals surface area contributed by atoms with Crippen LogP contribution in [-0.2, 0) is 11.8 Å². The molecule has 0 atom stereocenters. The van der Waals surface area contributed by atoms with Crippen molar-refractivity contribution in [2.45, 2.75) is 6.92 Å². The van der Waals surface area contributed by atoms with Crippen LogP contribution in [0.2, 0.25) is 0 Å². The molecule has 0 saturated heterocycles. The fourth-order valence-electron chi connectivity index (χ4n) is 4.49. The minimum atomic E-state index is -0.600. The Bertz CT molecular complexity index is 1770. The zero-order chi connectivity index (χ0) is 27.1. The molecule has 192 valence electrons. The Labute approximate surface area is 216 Å². The molecular weight excluding hydrogens is 491 g/mol. The quantitative estimate of drug-likeness (QED) is 0.330. The van der Waals surface area contributed by atoms with Crippen LogP contribution in [0.25, 0.3) is 32.9 Å². The molecule has 0 radical (unpaired) electrons. The van der Waals surface area contributed by atoms with Gasteiger partial charge in [0.15, 0.2) is 5.82 Å². The van der Waals surface area contributed by atoms with E-state index in [1.807, 2.05) is 0 Å². The maximum atomic E-state index is 15.5. The summed E-state index contributed by atoms with van der Waals surface area (Å²) in [6.07, 6.45) is 1.44. The molecule has 0 fully saturated rings. The Morgan fingerprint density at radius 3 is 2.47 bits per heavy atom. The molecule has 10 heteroatoms. The van der Waals surface area contributed by atoms with Gasteiger partial charge in [0.1, 0.15) is 11.6 Å². The highest BCUT2D eigenvalue weighted by Gasteiger charge is 2.22. The van der Waals surface area contributed by atoms with Crippen molar-refractivity contribution >= 4 is 45.4 Å². The molecule has 0 aliphatic carbocycles. The summed E-state index contributed by atoms with van der Waals surface area (Å²) in [5.74, 6) is -1.37. The summed E-state index contributed by atoms with van der Waals surface area (Å²) in [4.78, 5) is 37.5. The van der Waals surface area contributed by atoms with Crippen LogP contribution >= 0.6 is 0 Å². The first kappa shape index (κ1) is 24.7. The van der Waals surface area contributed by atoms with Gasteiger partial charge in [0.2, 0.25) is 5.91 Å². The molecule has 0 spiro atoms. The van der Waals surface area contributed by atoms with E-state index in [-0.39, 0.29) is 22.7 Å². The first-order valence-corrected chi connectivity index (χ1v) is 11.6. The van der Waals surface area contributed by atoms with Gasteiger partial charge < -0.3 is 14.8 Å². The Morgan fingerprint density at radius 1 is 0.974 bits per heavy atom. The van der Waals surface area contributed by atoms with E-state index in [0.29, 0.717) is 38.9 Å². The SMILES string of the molecule is COC(=O)c1cccc(-c2cc(F)c3c(NC(=O)c4cn(C(C)=O)c5ccc(OC)cc45)nn(C)c3c2)c1. The number of carbonyl (C=O) groups is 3. The number of esters is 1. The number of anilines is 1. The molecule has 9 nitrogen and oxygen atoms in total. The van der Waals surface area contributed by atoms with Gasteiger partial charge in [0.25, 0.3) is 5.91 Å². The average Bonchev–Trinajstić information content (AvgIpc) is 3.45. The van der Waals surface area contributed by atoms with Gasteiger partial charge in [0, 0.05) is 25.6 Å². The molecule has 0 aliphatic heterocycles. The summed E-state index contributed by atoms with van der Waals surface area (Å²) in [5, 5.41) is 7.67. The van der Waals surface area contributed by atoms with Crippen molar-refractivity contribution in [3.8, 4) is 16.9 Å². The number of hydrogen-bond acceptors (Lipinski definition) is 6. The molecule has 5 rings (SSSR count). The Balaban J connectivity index is 1.56. The number of halogens is 1. The average molecular weight is 515 g/mol. The van der Waals surface area contributed by atoms with Crippen molar-refractivity contribution in [3.05, 3.63) is 77.7 Å². The number of hydrogen-bond donors (Lipinski definition) is 1. The normalized spacial score (nSPS) is 11.1. The number of aryl methyl sites for hydroxylation is 1. The fraction of sp³-hybridized carbons (Fsp3) is 0.143. The zero-order valence-electron chi connectivity index (χ0n) is 21.0. The lowest BCUT2D eigenvalue weighted by Gasteiger charge is -2.07. The van der Waals surface area contributed by atoms with Crippen molar-refractivity contribution in [3.63, 3.8) is 0 Å². The number of nitrogens with zero attached hydrogens (tertiary/aromatic N) is 3. The van der Waals surface area contributed by atoms with E-state index in [1.54, 1.807) is 55.6 Å². The molecule has 3 aromatic carbocycles. The molecule has 1 N–H and O–H groups in total. The molecule has 5 aromatic rings. The van der Waals surface area contributed by atoms with Crippen LogP contribution in [0.15, 0.2) is 60.8 Å². The number of carbonyl (C=O) groups excluding carboxylic acids is 3. The predicted octanol–water partition coefficient (Wildman–Crippen LogP) is 5.04. The molecule has 1 amide bonds. The lowest BCUT2D eigenvalue weighted by Crippen LogP contribution is -2.13. The van der Waals surface area contributed by atoms with Crippen LogP contribution in [0.3, 0.4) is 0 Å². The monoisotopic (exact) mass is 514 g/mol. The second-order valence-corrected chi connectivity index (χ2v) is 8.67. The van der Waals surface area contributed by atoms with Gasteiger partial charge in [-0.05, 0) is 53.6 Å². The van der Waals surface area contributed by atoms with Gasteiger partial charge in [-0.1, -0.05) is 12.1 Å². The summed E-state index contributed by atoms with van der Waals surface area (Å²) in [7, 11) is 4.44. The third-order valence-corrected chi connectivity index (χ3v) is 6.35. The number of amides is 1. The first-order valence-electron chi connectivity index (χ1n) is 11.6. The van der Waals surface area contributed by atoms with Crippen molar-refractivity contribution in [1.29, 1.82) is 0 Å². The lowest BCUT2D eigenvalue weighted by atomic mass is 10.0. The topological polar surface area (TPSA) is 104 Å². The van der Waals surface area contributed by atoms with E-state index in [0.717, 1.165) is 0 Å². The first-order chi connectivity index (χ1) is 18.2. The van der Waals surface area contributed by atoms with E-state index in [4.69, 9.17) is 9.47 Å². The van der Waals surface area contributed by atoms with Crippen molar-refractivity contribution < 1.29 is 28.2 Å². The fourth-order valence-corrected chi connectivity index (χ4v) is 4.49. The molecule has 0 aliphatic rings. The Hall–Kier alpha value is -4.99. The molecule has 0 saturated carbocycles. The third-order valence-electron chi connectivity index (χ3n) is 6.35. The Kier molecular flexibility index (Phi) is 6.15. The predicted molar refractivity (Wildman–Crippen MR) is 140 cm³/mol. The van der Waals surface area contributed by atoms with Crippen LogP contribution in [-0.4, -0.2) is 46.4 Å². The molecule has 0 unspecified atom stereocenters. The van der Waals surface area contributed by atoms with E-state index in [2.05, 4.69) is 10.4 Å². The summed E-state index contributed by atoms with van der Waals surface area (Å²) < 4.78 is 28.4. The molecular formula is C28H23FN4O5. The zero-order valence-corrected chi connectivity index (χ0v) is 21.0. The van der Waals surface area contributed by atoms with Gasteiger partial charge in [-0.3, -0.25) is 18.8 Å².